The van der Waals surface area contributed by atoms with Gasteiger partial charge in [-0.25, -0.2) is 4.39 Å². The molecular formula is C18H23BrFN3O2. The maximum absolute atomic E-state index is 13.8. The topological polar surface area (TPSA) is 69.8 Å². The molecule has 7 heteroatoms. The summed E-state index contributed by atoms with van der Waals surface area (Å²) >= 11 is 3.25. The van der Waals surface area contributed by atoms with Crippen LogP contribution in [0.5, 0.6) is 0 Å². The zero-order chi connectivity index (χ0) is 18.1. The summed E-state index contributed by atoms with van der Waals surface area (Å²) in [5, 5.41) is 16.3. The Bertz CT molecular complexity index is 677. The lowest BCUT2D eigenvalue weighted by Crippen LogP contribution is -2.38. The predicted molar refractivity (Wildman–Crippen MR) is 100 cm³/mol. The lowest BCUT2D eigenvalue weighted by atomic mass is 10.1. The van der Waals surface area contributed by atoms with Gasteiger partial charge in [0.1, 0.15) is 17.7 Å². The molecule has 1 atom stereocenters. The highest BCUT2D eigenvalue weighted by molar-refractivity contribution is 9.10. The van der Waals surface area contributed by atoms with Crippen molar-refractivity contribution in [1.82, 2.24) is 10.6 Å². The van der Waals surface area contributed by atoms with Crippen LogP contribution >= 0.6 is 15.9 Å². The van der Waals surface area contributed by atoms with E-state index < -0.39 is 6.10 Å². The highest BCUT2D eigenvalue weighted by Crippen LogP contribution is 2.16. The van der Waals surface area contributed by atoms with E-state index in [4.69, 9.17) is 4.42 Å². The molecule has 3 N–H and O–H groups in total. The van der Waals surface area contributed by atoms with Crippen LogP contribution in [0, 0.1) is 5.82 Å². The molecule has 5 nitrogen and oxygen atoms in total. The average Bonchev–Trinajstić information content (AvgIpc) is 3.12. The molecule has 0 fully saturated rings. The van der Waals surface area contributed by atoms with Crippen molar-refractivity contribution in [3.05, 3.63) is 58.2 Å². The highest BCUT2D eigenvalue weighted by atomic mass is 79.9. The first-order chi connectivity index (χ1) is 12.1. The van der Waals surface area contributed by atoms with Gasteiger partial charge in [-0.3, -0.25) is 4.99 Å². The monoisotopic (exact) mass is 411 g/mol. The van der Waals surface area contributed by atoms with Crippen LogP contribution in [0.1, 0.15) is 30.8 Å². The van der Waals surface area contributed by atoms with Crippen LogP contribution in [0.25, 0.3) is 0 Å². The molecule has 0 radical (unpaired) electrons. The second-order valence-electron chi connectivity index (χ2n) is 5.52. The number of halogens is 2. The van der Waals surface area contributed by atoms with Gasteiger partial charge < -0.3 is 20.2 Å². The van der Waals surface area contributed by atoms with Gasteiger partial charge in [-0.2, -0.15) is 0 Å². The standard InChI is InChI=1S/C18H23BrFN3O2/c1-2-21-18(23-12-16(24)17-6-4-10-25-17)22-9-3-5-13-7-8-14(19)11-15(13)20/h4,6-8,10-11,16,24H,2-3,5,9,12H2,1H3,(H2,21,22,23). The number of nitrogens with one attached hydrogen (secondary N) is 2. The third kappa shape index (κ3) is 6.51. The van der Waals surface area contributed by atoms with Crippen LogP contribution in [0.3, 0.4) is 0 Å². The number of aliphatic hydroxyl groups is 1. The predicted octanol–water partition coefficient (Wildman–Crippen LogP) is 3.40. The van der Waals surface area contributed by atoms with Crippen LogP contribution in [-0.2, 0) is 6.42 Å². The van der Waals surface area contributed by atoms with E-state index >= 15 is 0 Å². The van der Waals surface area contributed by atoms with E-state index in [1.807, 2.05) is 13.0 Å². The number of furan rings is 1. The summed E-state index contributed by atoms with van der Waals surface area (Å²) in [7, 11) is 0. The Morgan fingerprint density at radius 2 is 2.20 bits per heavy atom. The first-order valence-corrected chi connectivity index (χ1v) is 9.07. The Morgan fingerprint density at radius 1 is 1.36 bits per heavy atom. The van der Waals surface area contributed by atoms with E-state index in [1.165, 1.54) is 12.3 Å². The maximum Gasteiger partial charge on any atom is 0.191 e. The largest absolute Gasteiger partial charge is 0.467 e. The van der Waals surface area contributed by atoms with Crippen molar-refractivity contribution < 1.29 is 13.9 Å². The van der Waals surface area contributed by atoms with Crippen LogP contribution < -0.4 is 10.6 Å². The Balaban J connectivity index is 1.79. The van der Waals surface area contributed by atoms with Crippen LogP contribution in [0.15, 0.2) is 50.5 Å². The number of aryl methyl sites for hydroxylation is 1. The van der Waals surface area contributed by atoms with Gasteiger partial charge in [0.15, 0.2) is 5.96 Å². The molecule has 0 aliphatic heterocycles. The number of hydrogen-bond donors (Lipinski definition) is 3. The van der Waals surface area contributed by atoms with Crippen LogP contribution in [0.2, 0.25) is 0 Å². The van der Waals surface area contributed by atoms with E-state index in [0.29, 0.717) is 36.8 Å². The SMILES string of the molecule is CCNC(=NCC(O)c1ccco1)NCCCc1ccc(Br)cc1F. The zero-order valence-corrected chi connectivity index (χ0v) is 15.7. The molecule has 2 aromatic rings. The summed E-state index contributed by atoms with van der Waals surface area (Å²) in [5.41, 5.74) is 0.695. The molecule has 2 rings (SSSR count). The smallest absolute Gasteiger partial charge is 0.191 e. The summed E-state index contributed by atoms with van der Waals surface area (Å²) in [6.07, 6.45) is 2.15. The molecule has 0 aliphatic rings. The number of guanidine groups is 1. The fourth-order valence-electron chi connectivity index (χ4n) is 2.30. The minimum Gasteiger partial charge on any atom is -0.467 e. The normalized spacial score (nSPS) is 12.9. The average molecular weight is 412 g/mol. The van der Waals surface area contributed by atoms with Crippen molar-refractivity contribution in [2.45, 2.75) is 25.9 Å². The van der Waals surface area contributed by atoms with Crippen molar-refractivity contribution in [3.8, 4) is 0 Å². The van der Waals surface area contributed by atoms with Gasteiger partial charge in [0.2, 0.25) is 0 Å². The summed E-state index contributed by atoms with van der Waals surface area (Å²) in [6.45, 7) is 3.53. The van der Waals surface area contributed by atoms with E-state index in [9.17, 15) is 9.50 Å². The Morgan fingerprint density at radius 3 is 2.88 bits per heavy atom. The summed E-state index contributed by atoms with van der Waals surface area (Å²) < 4.78 is 19.7. The summed E-state index contributed by atoms with van der Waals surface area (Å²) in [6, 6.07) is 8.55. The number of hydrogen-bond acceptors (Lipinski definition) is 3. The van der Waals surface area contributed by atoms with Gasteiger partial charge in [-0.05, 0) is 49.6 Å². The van der Waals surface area contributed by atoms with Crippen molar-refractivity contribution in [2.75, 3.05) is 19.6 Å². The zero-order valence-electron chi connectivity index (χ0n) is 14.1. The first-order valence-electron chi connectivity index (χ1n) is 8.27. The molecule has 1 aromatic heterocycles. The van der Waals surface area contributed by atoms with Gasteiger partial charge in [-0.15, -0.1) is 0 Å². The summed E-state index contributed by atoms with van der Waals surface area (Å²) in [5.74, 6) is 0.909. The number of benzene rings is 1. The quantitative estimate of drug-likeness (QED) is 0.353. The molecule has 0 spiro atoms. The van der Waals surface area contributed by atoms with Gasteiger partial charge in [0, 0.05) is 17.6 Å². The molecule has 0 saturated heterocycles. The molecular weight excluding hydrogens is 389 g/mol. The second kappa shape index (κ2) is 10.2. The van der Waals surface area contributed by atoms with Crippen molar-refractivity contribution >= 4 is 21.9 Å². The molecule has 0 aliphatic carbocycles. The third-order valence-corrected chi connectivity index (χ3v) is 4.06. The number of aliphatic imine (C=N–C) groups is 1. The van der Waals surface area contributed by atoms with Crippen LogP contribution in [-0.4, -0.2) is 30.7 Å². The molecule has 1 heterocycles. The van der Waals surface area contributed by atoms with E-state index in [0.717, 1.165) is 10.9 Å². The second-order valence-corrected chi connectivity index (χ2v) is 6.43. The Kier molecular flexibility index (Phi) is 7.94. The van der Waals surface area contributed by atoms with Gasteiger partial charge in [-0.1, -0.05) is 22.0 Å². The molecule has 25 heavy (non-hydrogen) atoms. The maximum atomic E-state index is 13.8. The van der Waals surface area contributed by atoms with Gasteiger partial charge in [0.05, 0.1) is 12.8 Å². The lowest BCUT2D eigenvalue weighted by molar-refractivity contribution is 0.158. The Labute approximate surface area is 155 Å². The number of nitrogens with zero attached hydrogens (tertiary/aromatic N) is 1. The van der Waals surface area contributed by atoms with Crippen molar-refractivity contribution in [1.29, 1.82) is 0 Å². The fraction of sp³-hybridized carbons (Fsp3) is 0.389. The molecule has 0 bridgehead atoms. The van der Waals surface area contributed by atoms with Crippen molar-refractivity contribution in [2.24, 2.45) is 4.99 Å². The number of aliphatic hydroxyl groups excluding tert-OH is 1. The van der Waals surface area contributed by atoms with E-state index in [-0.39, 0.29) is 12.4 Å². The fourth-order valence-corrected chi connectivity index (χ4v) is 2.63. The highest BCUT2D eigenvalue weighted by Gasteiger charge is 2.10. The van der Waals surface area contributed by atoms with Gasteiger partial charge in [0.25, 0.3) is 0 Å². The molecule has 136 valence electrons. The van der Waals surface area contributed by atoms with Crippen molar-refractivity contribution in [3.63, 3.8) is 0 Å². The first kappa shape index (κ1) is 19.5. The third-order valence-electron chi connectivity index (χ3n) is 3.57. The minimum atomic E-state index is -0.776. The number of rotatable bonds is 8. The molecule has 1 unspecified atom stereocenters. The lowest BCUT2D eigenvalue weighted by Gasteiger charge is -2.12. The molecule has 1 aromatic carbocycles. The Hall–Kier alpha value is -1.86. The van der Waals surface area contributed by atoms with Gasteiger partial charge >= 0.3 is 0 Å². The van der Waals surface area contributed by atoms with Crippen LogP contribution in [0.4, 0.5) is 4.39 Å². The molecule has 0 saturated carbocycles. The molecule has 0 amide bonds. The van der Waals surface area contributed by atoms with E-state index in [1.54, 1.807) is 18.2 Å². The minimum absolute atomic E-state index is 0.198. The summed E-state index contributed by atoms with van der Waals surface area (Å²) in [4.78, 5) is 4.35. The van der Waals surface area contributed by atoms with E-state index in [2.05, 4.69) is 31.6 Å².